The highest BCUT2D eigenvalue weighted by atomic mass is 16.5. The van der Waals surface area contributed by atoms with E-state index in [4.69, 9.17) is 4.74 Å². The zero-order valence-electron chi connectivity index (χ0n) is 17.1. The van der Waals surface area contributed by atoms with Gasteiger partial charge in [-0.05, 0) is 65.2 Å². The molecule has 0 bridgehead atoms. The SMILES string of the molecule is CC(C)NC(=O)N1CCC[C@@H](C(=O)N[C@@H](C)c2cccc(OC(C)C)c2)C1. The van der Waals surface area contributed by atoms with Gasteiger partial charge in [0.15, 0.2) is 0 Å². The van der Waals surface area contributed by atoms with Crippen molar-refractivity contribution in [3.05, 3.63) is 29.8 Å². The third-order valence-electron chi connectivity index (χ3n) is 4.58. The number of nitrogens with one attached hydrogen (secondary N) is 2. The Morgan fingerprint density at radius 1 is 1.15 bits per heavy atom. The summed E-state index contributed by atoms with van der Waals surface area (Å²) in [4.78, 5) is 26.7. The van der Waals surface area contributed by atoms with E-state index in [9.17, 15) is 9.59 Å². The quantitative estimate of drug-likeness (QED) is 0.800. The molecule has 0 unspecified atom stereocenters. The first-order valence-electron chi connectivity index (χ1n) is 9.88. The summed E-state index contributed by atoms with van der Waals surface area (Å²) in [5, 5.41) is 6.00. The van der Waals surface area contributed by atoms with Crippen molar-refractivity contribution >= 4 is 11.9 Å². The van der Waals surface area contributed by atoms with Gasteiger partial charge in [0.25, 0.3) is 0 Å². The second-order valence-electron chi connectivity index (χ2n) is 7.86. The summed E-state index contributed by atoms with van der Waals surface area (Å²) in [5.74, 6) is 0.631. The highest BCUT2D eigenvalue weighted by Gasteiger charge is 2.29. The van der Waals surface area contributed by atoms with Crippen LogP contribution in [0.4, 0.5) is 4.79 Å². The summed E-state index contributed by atoms with van der Waals surface area (Å²) >= 11 is 0. The lowest BCUT2D eigenvalue weighted by Gasteiger charge is -2.33. The lowest BCUT2D eigenvalue weighted by atomic mass is 9.96. The topological polar surface area (TPSA) is 70.7 Å². The molecule has 0 spiro atoms. The fraction of sp³-hybridized carbons (Fsp3) is 0.619. The first-order valence-corrected chi connectivity index (χ1v) is 9.88. The number of hydrogen-bond acceptors (Lipinski definition) is 3. The maximum atomic E-state index is 12.7. The van der Waals surface area contributed by atoms with Gasteiger partial charge in [-0.25, -0.2) is 4.79 Å². The van der Waals surface area contributed by atoms with Gasteiger partial charge in [0.05, 0.1) is 18.1 Å². The number of likely N-dealkylation sites (tertiary alicyclic amines) is 1. The molecule has 0 radical (unpaired) electrons. The number of carbonyl (C=O) groups excluding carboxylic acids is 2. The minimum Gasteiger partial charge on any atom is -0.491 e. The molecule has 0 aliphatic carbocycles. The van der Waals surface area contributed by atoms with Gasteiger partial charge in [-0.15, -0.1) is 0 Å². The fourth-order valence-electron chi connectivity index (χ4n) is 3.26. The molecule has 1 fully saturated rings. The number of hydrogen-bond donors (Lipinski definition) is 2. The molecule has 2 rings (SSSR count). The van der Waals surface area contributed by atoms with Crippen molar-refractivity contribution in [1.29, 1.82) is 0 Å². The van der Waals surface area contributed by atoms with Crippen molar-refractivity contribution in [2.24, 2.45) is 5.92 Å². The van der Waals surface area contributed by atoms with Crippen LogP contribution in [0.1, 0.15) is 59.1 Å². The molecule has 1 heterocycles. The van der Waals surface area contributed by atoms with Crippen molar-refractivity contribution in [2.45, 2.75) is 65.6 Å². The third kappa shape index (κ3) is 6.45. The summed E-state index contributed by atoms with van der Waals surface area (Å²) in [6, 6.07) is 7.70. The van der Waals surface area contributed by atoms with E-state index in [-0.39, 0.29) is 36.0 Å². The maximum Gasteiger partial charge on any atom is 0.317 e. The summed E-state index contributed by atoms with van der Waals surface area (Å²) in [6.07, 6.45) is 1.76. The minimum atomic E-state index is -0.172. The predicted octanol–water partition coefficient (Wildman–Crippen LogP) is 3.48. The van der Waals surface area contributed by atoms with Crippen LogP contribution in [0.15, 0.2) is 24.3 Å². The number of ether oxygens (including phenoxy) is 1. The summed E-state index contributed by atoms with van der Waals surface area (Å²) in [7, 11) is 0. The normalized spacial score (nSPS) is 18.3. The van der Waals surface area contributed by atoms with Crippen molar-refractivity contribution < 1.29 is 14.3 Å². The maximum absolute atomic E-state index is 12.7. The van der Waals surface area contributed by atoms with E-state index in [0.29, 0.717) is 13.1 Å². The number of urea groups is 1. The lowest BCUT2D eigenvalue weighted by molar-refractivity contribution is -0.126. The Morgan fingerprint density at radius 3 is 2.56 bits per heavy atom. The van der Waals surface area contributed by atoms with E-state index in [0.717, 1.165) is 24.2 Å². The first-order chi connectivity index (χ1) is 12.8. The molecule has 1 aromatic carbocycles. The highest BCUT2D eigenvalue weighted by Crippen LogP contribution is 2.22. The average Bonchev–Trinajstić information content (AvgIpc) is 2.61. The molecular weight excluding hydrogens is 342 g/mol. The van der Waals surface area contributed by atoms with Crippen LogP contribution < -0.4 is 15.4 Å². The van der Waals surface area contributed by atoms with Crippen LogP contribution in [0.2, 0.25) is 0 Å². The van der Waals surface area contributed by atoms with E-state index in [1.54, 1.807) is 4.90 Å². The van der Waals surface area contributed by atoms with Crippen LogP contribution in [0.3, 0.4) is 0 Å². The predicted molar refractivity (Wildman–Crippen MR) is 107 cm³/mol. The zero-order chi connectivity index (χ0) is 20.0. The molecule has 1 aromatic rings. The molecule has 0 saturated carbocycles. The van der Waals surface area contributed by atoms with E-state index in [1.807, 2.05) is 58.9 Å². The van der Waals surface area contributed by atoms with Gasteiger partial charge in [0.2, 0.25) is 5.91 Å². The van der Waals surface area contributed by atoms with Crippen molar-refractivity contribution in [1.82, 2.24) is 15.5 Å². The number of carbonyl (C=O) groups is 2. The van der Waals surface area contributed by atoms with Crippen LogP contribution >= 0.6 is 0 Å². The van der Waals surface area contributed by atoms with Crippen LogP contribution in [0.5, 0.6) is 5.75 Å². The Morgan fingerprint density at radius 2 is 1.89 bits per heavy atom. The smallest absolute Gasteiger partial charge is 0.317 e. The molecule has 0 aromatic heterocycles. The van der Waals surface area contributed by atoms with E-state index < -0.39 is 0 Å². The molecule has 6 nitrogen and oxygen atoms in total. The Hall–Kier alpha value is -2.24. The lowest BCUT2D eigenvalue weighted by Crippen LogP contribution is -2.50. The number of nitrogens with zero attached hydrogens (tertiary/aromatic N) is 1. The van der Waals surface area contributed by atoms with Gasteiger partial charge in [0, 0.05) is 19.1 Å². The average molecular weight is 376 g/mol. The Bertz CT molecular complexity index is 645. The van der Waals surface area contributed by atoms with Crippen molar-refractivity contribution in [3.8, 4) is 5.75 Å². The van der Waals surface area contributed by atoms with Crippen LogP contribution in [-0.2, 0) is 4.79 Å². The minimum absolute atomic E-state index is 0.000252. The highest BCUT2D eigenvalue weighted by molar-refractivity contribution is 5.81. The first kappa shape index (κ1) is 21.1. The van der Waals surface area contributed by atoms with Crippen molar-refractivity contribution in [2.75, 3.05) is 13.1 Å². The largest absolute Gasteiger partial charge is 0.491 e. The second-order valence-corrected chi connectivity index (χ2v) is 7.86. The Kier molecular flexibility index (Phi) is 7.51. The van der Waals surface area contributed by atoms with E-state index >= 15 is 0 Å². The number of piperidine rings is 1. The number of benzene rings is 1. The summed E-state index contributed by atoms with van der Waals surface area (Å²) < 4.78 is 5.73. The van der Waals surface area contributed by atoms with Gasteiger partial charge in [0.1, 0.15) is 5.75 Å². The van der Waals surface area contributed by atoms with Crippen molar-refractivity contribution in [3.63, 3.8) is 0 Å². The molecule has 2 atom stereocenters. The Labute approximate surface area is 162 Å². The van der Waals surface area contributed by atoms with Gasteiger partial charge in [-0.3, -0.25) is 4.79 Å². The summed E-state index contributed by atoms with van der Waals surface area (Å²) in [6.45, 7) is 11.0. The van der Waals surface area contributed by atoms with E-state index in [2.05, 4.69) is 10.6 Å². The van der Waals surface area contributed by atoms with Gasteiger partial charge >= 0.3 is 6.03 Å². The van der Waals surface area contributed by atoms with E-state index in [1.165, 1.54) is 0 Å². The fourth-order valence-corrected chi connectivity index (χ4v) is 3.26. The van der Waals surface area contributed by atoms with Crippen LogP contribution in [0, 0.1) is 5.92 Å². The summed E-state index contributed by atoms with van der Waals surface area (Å²) in [5.41, 5.74) is 1.01. The van der Waals surface area contributed by atoms with Gasteiger partial charge in [-0.2, -0.15) is 0 Å². The van der Waals surface area contributed by atoms with Crippen LogP contribution in [-0.4, -0.2) is 42.1 Å². The third-order valence-corrected chi connectivity index (χ3v) is 4.58. The molecule has 27 heavy (non-hydrogen) atoms. The van der Waals surface area contributed by atoms with Gasteiger partial charge < -0.3 is 20.3 Å². The molecule has 1 aliphatic heterocycles. The molecule has 2 N–H and O–H groups in total. The molecule has 1 aliphatic rings. The zero-order valence-corrected chi connectivity index (χ0v) is 17.1. The number of amides is 3. The number of rotatable bonds is 6. The molecule has 1 saturated heterocycles. The molecule has 6 heteroatoms. The standard InChI is InChI=1S/C21H33N3O3/c1-14(2)22-21(26)24-11-7-9-18(13-24)20(25)23-16(5)17-8-6-10-19(12-17)27-15(3)4/h6,8,10,12,14-16,18H,7,9,11,13H2,1-5H3,(H,22,26)(H,23,25)/t16-,18+/m0/s1. The molecular formula is C21H33N3O3. The van der Waals surface area contributed by atoms with Crippen LogP contribution in [0.25, 0.3) is 0 Å². The van der Waals surface area contributed by atoms with Gasteiger partial charge in [-0.1, -0.05) is 12.1 Å². The second kappa shape index (κ2) is 9.62. The Balaban J connectivity index is 1.94. The monoisotopic (exact) mass is 375 g/mol. The molecule has 150 valence electrons. The molecule has 3 amide bonds.